The van der Waals surface area contributed by atoms with Gasteiger partial charge in [0.05, 0.1) is 6.04 Å². The van der Waals surface area contributed by atoms with Crippen LogP contribution in [0.15, 0.2) is 30.6 Å². The molecule has 0 aliphatic rings. The highest BCUT2D eigenvalue weighted by molar-refractivity contribution is 5.75. The van der Waals surface area contributed by atoms with Crippen LogP contribution in [0.2, 0.25) is 0 Å². The first kappa shape index (κ1) is 21.2. The Balaban J connectivity index is 0.00000105. The molecule has 0 fully saturated rings. The molecule has 1 amide bonds. The number of nitrogens with zero attached hydrogens (tertiary/aromatic N) is 5. The number of carbonyl (C=O) groups excluding carboxylic acids is 1. The third-order valence-corrected chi connectivity index (χ3v) is 3.73. The zero-order chi connectivity index (χ0) is 19.4. The molecule has 0 saturated heterocycles. The fourth-order valence-corrected chi connectivity index (χ4v) is 2.46. The zero-order valence-corrected chi connectivity index (χ0v) is 15.4. The van der Waals surface area contributed by atoms with E-state index >= 15 is 0 Å². The van der Waals surface area contributed by atoms with Crippen molar-refractivity contribution >= 4 is 12.4 Å². The highest BCUT2D eigenvalue weighted by Crippen LogP contribution is 2.18. The lowest BCUT2D eigenvalue weighted by Gasteiger charge is -2.25. The van der Waals surface area contributed by atoms with Gasteiger partial charge in [-0.25, -0.2) is 4.68 Å². The standard InChI is InChI=1S/C16H24N6O.CH2O2/c1-13-6-4-7-14(10-13)15(21(2)3)11-17-16(23)8-5-9-22-12-18-19-20-22;2-1-3/h4,6-7,10,12,15H,5,8-9,11H2,1-3H3,(H,17,23);1H,(H,2,3). The summed E-state index contributed by atoms with van der Waals surface area (Å²) >= 11 is 0. The van der Waals surface area contributed by atoms with Gasteiger partial charge in [0.1, 0.15) is 6.33 Å². The predicted molar refractivity (Wildman–Crippen MR) is 96.4 cm³/mol. The van der Waals surface area contributed by atoms with Crippen molar-refractivity contribution in [2.75, 3.05) is 20.6 Å². The minimum atomic E-state index is -0.250. The molecule has 1 heterocycles. The van der Waals surface area contributed by atoms with Gasteiger partial charge in [-0.15, -0.1) is 5.10 Å². The van der Waals surface area contributed by atoms with Gasteiger partial charge in [-0.3, -0.25) is 9.59 Å². The molecule has 0 saturated carbocycles. The van der Waals surface area contributed by atoms with Gasteiger partial charge in [0.15, 0.2) is 0 Å². The summed E-state index contributed by atoms with van der Waals surface area (Å²) in [6.45, 7) is 3.07. The van der Waals surface area contributed by atoms with Gasteiger partial charge in [0.2, 0.25) is 5.91 Å². The number of aryl methyl sites for hydroxylation is 2. The largest absolute Gasteiger partial charge is 0.483 e. The van der Waals surface area contributed by atoms with Crippen LogP contribution in [0.5, 0.6) is 0 Å². The second-order valence-electron chi connectivity index (χ2n) is 5.98. The molecule has 1 unspecified atom stereocenters. The van der Waals surface area contributed by atoms with Gasteiger partial charge in [-0.1, -0.05) is 29.8 Å². The number of likely N-dealkylation sites (N-methyl/N-ethyl adjacent to an activating group) is 1. The number of amides is 1. The molecule has 0 radical (unpaired) electrons. The second-order valence-corrected chi connectivity index (χ2v) is 5.98. The van der Waals surface area contributed by atoms with Crippen molar-refractivity contribution in [3.05, 3.63) is 41.7 Å². The maximum Gasteiger partial charge on any atom is 0.290 e. The number of hydrogen-bond donors (Lipinski definition) is 2. The van der Waals surface area contributed by atoms with E-state index in [0.29, 0.717) is 25.9 Å². The molecule has 2 aromatic rings. The smallest absolute Gasteiger partial charge is 0.290 e. The summed E-state index contributed by atoms with van der Waals surface area (Å²) in [5.41, 5.74) is 2.44. The maximum atomic E-state index is 12.0. The Kier molecular flexibility index (Phi) is 9.55. The molecule has 0 aliphatic heterocycles. The van der Waals surface area contributed by atoms with Crippen molar-refractivity contribution in [3.8, 4) is 0 Å². The van der Waals surface area contributed by atoms with Crippen LogP contribution in [0, 0.1) is 6.92 Å². The van der Waals surface area contributed by atoms with Crippen molar-refractivity contribution in [2.45, 2.75) is 32.4 Å². The number of hydrogen-bond acceptors (Lipinski definition) is 6. The summed E-state index contributed by atoms with van der Waals surface area (Å²) in [7, 11) is 4.05. The summed E-state index contributed by atoms with van der Waals surface area (Å²) in [6.07, 6.45) is 2.74. The third kappa shape index (κ3) is 7.84. The fourth-order valence-electron chi connectivity index (χ4n) is 2.46. The average molecular weight is 362 g/mol. The Hall–Kier alpha value is -2.81. The van der Waals surface area contributed by atoms with E-state index < -0.39 is 0 Å². The lowest BCUT2D eigenvalue weighted by molar-refractivity contribution is -0.123. The van der Waals surface area contributed by atoms with Crippen molar-refractivity contribution in [1.29, 1.82) is 0 Å². The Morgan fingerprint density at radius 2 is 2.15 bits per heavy atom. The summed E-state index contributed by atoms with van der Waals surface area (Å²) in [5.74, 6) is 0.0533. The molecule has 2 N–H and O–H groups in total. The quantitative estimate of drug-likeness (QED) is 0.670. The van der Waals surface area contributed by atoms with Crippen molar-refractivity contribution in [2.24, 2.45) is 0 Å². The Labute approximate surface area is 153 Å². The van der Waals surface area contributed by atoms with Crippen LogP contribution in [-0.2, 0) is 16.1 Å². The van der Waals surface area contributed by atoms with Gasteiger partial charge in [-0.05, 0) is 43.4 Å². The molecule has 1 atom stereocenters. The van der Waals surface area contributed by atoms with Crippen molar-refractivity contribution in [3.63, 3.8) is 0 Å². The topological polar surface area (TPSA) is 113 Å². The van der Waals surface area contributed by atoms with Gasteiger partial charge in [-0.2, -0.15) is 0 Å². The molecule has 142 valence electrons. The van der Waals surface area contributed by atoms with E-state index in [4.69, 9.17) is 9.90 Å². The molecule has 2 rings (SSSR count). The fraction of sp³-hybridized carbons (Fsp3) is 0.471. The van der Waals surface area contributed by atoms with E-state index in [-0.39, 0.29) is 18.4 Å². The minimum Gasteiger partial charge on any atom is -0.483 e. The Bertz CT molecular complexity index is 660. The lowest BCUT2D eigenvalue weighted by Crippen LogP contribution is -2.34. The number of carbonyl (C=O) groups is 2. The SMILES string of the molecule is Cc1cccc(C(CNC(=O)CCCn2cnnn2)N(C)C)c1.O=CO. The molecule has 0 aliphatic carbocycles. The number of carboxylic acid groups (broad SMARTS) is 1. The zero-order valence-electron chi connectivity index (χ0n) is 15.4. The van der Waals surface area contributed by atoms with Crippen molar-refractivity contribution < 1.29 is 14.7 Å². The lowest BCUT2D eigenvalue weighted by atomic mass is 10.0. The first-order valence-corrected chi connectivity index (χ1v) is 8.26. The number of tetrazole rings is 1. The molecule has 1 aromatic carbocycles. The van der Waals surface area contributed by atoms with Gasteiger partial charge < -0.3 is 15.3 Å². The first-order chi connectivity index (χ1) is 12.5. The molecule has 26 heavy (non-hydrogen) atoms. The summed E-state index contributed by atoms with van der Waals surface area (Å²) in [6, 6.07) is 8.55. The maximum absolute atomic E-state index is 12.0. The van der Waals surface area contributed by atoms with E-state index in [1.165, 1.54) is 11.1 Å². The van der Waals surface area contributed by atoms with Crippen LogP contribution in [0.25, 0.3) is 0 Å². The van der Waals surface area contributed by atoms with Gasteiger partial charge in [0, 0.05) is 19.5 Å². The third-order valence-electron chi connectivity index (χ3n) is 3.73. The minimum absolute atomic E-state index is 0.0533. The number of nitrogens with one attached hydrogen (secondary N) is 1. The highest BCUT2D eigenvalue weighted by atomic mass is 16.3. The molecule has 9 heteroatoms. The van der Waals surface area contributed by atoms with Crippen molar-refractivity contribution in [1.82, 2.24) is 30.4 Å². The van der Waals surface area contributed by atoms with Crippen LogP contribution >= 0.6 is 0 Å². The molecule has 0 bridgehead atoms. The highest BCUT2D eigenvalue weighted by Gasteiger charge is 2.15. The number of rotatable bonds is 8. The Morgan fingerprint density at radius 1 is 1.42 bits per heavy atom. The molecule has 0 spiro atoms. The predicted octanol–water partition coefficient (Wildman–Crippen LogP) is 0.882. The number of benzene rings is 1. The van der Waals surface area contributed by atoms with Gasteiger partial charge in [0.25, 0.3) is 6.47 Å². The van der Waals surface area contributed by atoms with E-state index in [0.717, 1.165) is 0 Å². The van der Waals surface area contributed by atoms with E-state index in [1.54, 1.807) is 11.0 Å². The van der Waals surface area contributed by atoms with Crippen LogP contribution in [-0.4, -0.2) is 63.2 Å². The van der Waals surface area contributed by atoms with E-state index in [9.17, 15) is 4.79 Å². The first-order valence-electron chi connectivity index (χ1n) is 8.26. The second kappa shape index (κ2) is 11.7. The van der Waals surface area contributed by atoms with E-state index in [2.05, 4.69) is 56.9 Å². The Morgan fingerprint density at radius 3 is 2.73 bits per heavy atom. The average Bonchev–Trinajstić information content (AvgIpc) is 3.09. The number of aromatic nitrogens is 4. The molecule has 1 aromatic heterocycles. The normalized spacial score (nSPS) is 11.4. The van der Waals surface area contributed by atoms with E-state index in [1.807, 2.05) is 14.1 Å². The van der Waals surface area contributed by atoms with Gasteiger partial charge >= 0.3 is 0 Å². The monoisotopic (exact) mass is 362 g/mol. The van der Waals surface area contributed by atoms with Crippen LogP contribution in [0.4, 0.5) is 0 Å². The molecular weight excluding hydrogens is 336 g/mol. The van der Waals surface area contributed by atoms with Crippen LogP contribution in [0.3, 0.4) is 0 Å². The summed E-state index contributed by atoms with van der Waals surface area (Å²) in [4.78, 5) is 22.5. The molecular formula is C17H26N6O3. The molecule has 9 nitrogen and oxygen atoms in total. The summed E-state index contributed by atoms with van der Waals surface area (Å²) < 4.78 is 1.63. The summed E-state index contributed by atoms with van der Waals surface area (Å²) in [5, 5.41) is 20.8. The van der Waals surface area contributed by atoms with Crippen LogP contribution in [0.1, 0.15) is 30.0 Å². The van der Waals surface area contributed by atoms with Crippen LogP contribution < -0.4 is 5.32 Å².